The van der Waals surface area contributed by atoms with Gasteiger partial charge >= 0.3 is 0 Å². The third kappa shape index (κ3) is 8.90. The summed E-state index contributed by atoms with van der Waals surface area (Å²) in [4.78, 5) is 48.6. The minimum atomic E-state index is -4.13. The smallest absolute Gasteiger partial charge is 0.253 e. The normalized spacial score (nSPS) is 14.1. The fraction of sp³-hybridized carbons (Fsp3) is 0.256. The number of piperazine rings is 1. The second-order valence-electron chi connectivity index (χ2n) is 14.5. The first-order chi connectivity index (χ1) is 28.3. The lowest BCUT2D eigenvalue weighted by Gasteiger charge is -2.35. The Bertz CT molecular complexity index is 2730. The lowest BCUT2D eigenvalue weighted by Crippen LogP contribution is -2.50. The number of aromatic hydroxyl groups is 1. The van der Waals surface area contributed by atoms with Gasteiger partial charge in [0, 0.05) is 91.7 Å². The summed E-state index contributed by atoms with van der Waals surface area (Å²) < 4.78 is 33.9. The zero-order chi connectivity index (χ0) is 41.8. The number of aliphatic hydroxyl groups is 1. The van der Waals surface area contributed by atoms with E-state index in [0.29, 0.717) is 89.4 Å². The molecule has 0 aliphatic carbocycles. The van der Waals surface area contributed by atoms with Crippen molar-refractivity contribution in [1.29, 1.82) is 0 Å². The fourth-order valence-corrected chi connectivity index (χ4v) is 8.80. The summed E-state index contributed by atoms with van der Waals surface area (Å²) in [6.45, 7) is 5.38. The van der Waals surface area contributed by atoms with Crippen LogP contribution in [-0.2, 0) is 21.1 Å². The predicted molar refractivity (Wildman–Crippen MR) is 224 cm³/mol. The highest BCUT2D eigenvalue weighted by molar-refractivity contribution is 7.91. The molecule has 7 rings (SSSR count). The van der Waals surface area contributed by atoms with E-state index in [-0.39, 0.29) is 51.1 Å². The molecule has 2 amide bonds. The van der Waals surface area contributed by atoms with Crippen molar-refractivity contribution < 1.29 is 33.0 Å². The van der Waals surface area contributed by atoms with E-state index in [0.717, 1.165) is 0 Å². The molecule has 1 aliphatic rings. The van der Waals surface area contributed by atoms with Crippen LogP contribution in [0.1, 0.15) is 33.2 Å². The Hall–Kier alpha value is -6.33. The number of rotatable bonds is 14. The lowest BCUT2D eigenvalue weighted by molar-refractivity contribution is -0.117. The number of sulfone groups is 1. The lowest BCUT2D eigenvalue weighted by atomic mass is 10.0. The summed E-state index contributed by atoms with van der Waals surface area (Å²) in [5.74, 6) is -0.316. The van der Waals surface area contributed by atoms with Crippen LogP contribution in [0.4, 0.5) is 11.4 Å². The molecule has 0 radical (unpaired) electrons. The van der Waals surface area contributed by atoms with Gasteiger partial charge in [-0.05, 0) is 72.6 Å². The van der Waals surface area contributed by atoms with E-state index in [4.69, 9.17) is 10.5 Å². The number of carbonyl (C=O) groups is 2. The molecule has 2 aromatic heterocycles. The molecular formula is C43H45N7O8S. The number of aromatic amines is 1. The Labute approximate surface area is 340 Å². The van der Waals surface area contributed by atoms with Crippen molar-refractivity contribution in [3.05, 3.63) is 124 Å². The number of amides is 2. The van der Waals surface area contributed by atoms with Crippen molar-refractivity contribution in [3.63, 3.8) is 0 Å². The SMILES string of the molecule is COc1cccc(Nc2c(CC(N)=O)cnc3c(C)cc(S(=O)(=O)c4cccc(C(=O)N5CCN(CCNCC(O)c6ccc(O)c7[nH]c(=O)ccc67)CC5)c4)cc23)c1. The van der Waals surface area contributed by atoms with Gasteiger partial charge in [-0.15, -0.1) is 0 Å². The van der Waals surface area contributed by atoms with Crippen LogP contribution in [0.5, 0.6) is 11.5 Å². The number of methoxy groups -OCH3 is 1. The number of H-pyrrole nitrogens is 1. The maximum Gasteiger partial charge on any atom is 0.253 e. The number of nitrogens with one attached hydrogen (secondary N) is 3. The van der Waals surface area contributed by atoms with Crippen LogP contribution in [0.25, 0.3) is 21.8 Å². The number of hydrogen-bond acceptors (Lipinski definition) is 12. The first kappa shape index (κ1) is 40.9. The Morgan fingerprint density at radius 2 is 1.75 bits per heavy atom. The molecule has 0 spiro atoms. The minimum Gasteiger partial charge on any atom is -0.506 e. The van der Waals surface area contributed by atoms with E-state index >= 15 is 0 Å². The largest absolute Gasteiger partial charge is 0.506 e. The number of nitrogens with two attached hydrogens (primary N) is 1. The van der Waals surface area contributed by atoms with Gasteiger partial charge in [0.15, 0.2) is 0 Å². The number of ether oxygens (including phenoxy) is 1. The Kier molecular flexibility index (Phi) is 12.0. The number of anilines is 2. The molecule has 0 saturated carbocycles. The maximum absolute atomic E-state index is 14.3. The minimum absolute atomic E-state index is 0.00122. The molecular weight excluding hydrogens is 775 g/mol. The Morgan fingerprint density at radius 1 is 0.966 bits per heavy atom. The highest BCUT2D eigenvalue weighted by Gasteiger charge is 2.26. The zero-order valence-electron chi connectivity index (χ0n) is 32.6. The van der Waals surface area contributed by atoms with Crippen molar-refractivity contribution >= 4 is 54.8 Å². The highest BCUT2D eigenvalue weighted by atomic mass is 32.2. The number of aromatic nitrogens is 2. The van der Waals surface area contributed by atoms with Crippen LogP contribution >= 0.6 is 0 Å². The summed E-state index contributed by atoms with van der Waals surface area (Å²) in [5.41, 5.74) is 9.11. The van der Waals surface area contributed by atoms with Crippen molar-refractivity contribution in [3.8, 4) is 11.5 Å². The number of primary amides is 1. The van der Waals surface area contributed by atoms with Crippen LogP contribution < -0.4 is 26.7 Å². The van der Waals surface area contributed by atoms with E-state index in [2.05, 4.69) is 25.5 Å². The summed E-state index contributed by atoms with van der Waals surface area (Å²) >= 11 is 0. The maximum atomic E-state index is 14.3. The van der Waals surface area contributed by atoms with Crippen LogP contribution in [0.2, 0.25) is 0 Å². The van der Waals surface area contributed by atoms with Gasteiger partial charge in [-0.1, -0.05) is 18.2 Å². The van der Waals surface area contributed by atoms with Gasteiger partial charge < -0.3 is 41.2 Å². The molecule has 1 fully saturated rings. The predicted octanol–water partition coefficient (Wildman–Crippen LogP) is 3.78. The molecule has 59 heavy (non-hydrogen) atoms. The average Bonchev–Trinajstić information content (AvgIpc) is 3.23. The van der Waals surface area contributed by atoms with E-state index in [1.807, 2.05) is 6.07 Å². The Balaban J connectivity index is 1.01. The van der Waals surface area contributed by atoms with Gasteiger partial charge in [0.05, 0.1) is 46.1 Å². The molecule has 1 saturated heterocycles. The van der Waals surface area contributed by atoms with Crippen LogP contribution in [0.3, 0.4) is 0 Å². The van der Waals surface area contributed by atoms with Crippen LogP contribution in [-0.4, -0.2) is 103 Å². The van der Waals surface area contributed by atoms with Crippen LogP contribution in [0.15, 0.2) is 106 Å². The van der Waals surface area contributed by atoms with Crippen molar-refractivity contribution in [2.45, 2.75) is 29.2 Å². The van der Waals surface area contributed by atoms with E-state index in [1.54, 1.807) is 73.7 Å². The number of aliphatic hydroxyl groups excluding tert-OH is 1. The van der Waals surface area contributed by atoms with Crippen LogP contribution in [0, 0.1) is 6.92 Å². The van der Waals surface area contributed by atoms with E-state index in [1.165, 1.54) is 30.3 Å². The number of pyridine rings is 2. The number of aryl methyl sites for hydroxylation is 1. The second-order valence-corrected chi connectivity index (χ2v) is 16.4. The Morgan fingerprint density at radius 3 is 2.51 bits per heavy atom. The number of phenols is 1. The number of fused-ring (bicyclic) bond motifs is 2. The third-order valence-corrected chi connectivity index (χ3v) is 12.2. The van der Waals surface area contributed by atoms with Gasteiger partial charge in [-0.2, -0.15) is 0 Å². The first-order valence-corrected chi connectivity index (χ1v) is 20.5. The van der Waals surface area contributed by atoms with E-state index < -0.39 is 21.8 Å². The molecule has 1 atom stereocenters. The van der Waals surface area contributed by atoms with Crippen molar-refractivity contribution in [1.82, 2.24) is 25.1 Å². The second kappa shape index (κ2) is 17.3. The molecule has 0 bridgehead atoms. The molecule has 7 N–H and O–H groups in total. The summed E-state index contributed by atoms with van der Waals surface area (Å²) in [7, 11) is -2.58. The van der Waals surface area contributed by atoms with Crippen molar-refractivity contribution in [2.24, 2.45) is 5.73 Å². The van der Waals surface area contributed by atoms with Gasteiger partial charge in [0.2, 0.25) is 21.3 Å². The standard InChI is InChI=1S/C43H45N7O8S/c1-26-19-32(23-35-40(26)46-24-28(21-38(44)53)41(35)47-29-6-4-7-30(22-29)58-2)59(56,57)31-8-3-5-27(20-31)43(55)50-17-15-49(16-18-50)14-13-45-25-37(52)33-9-11-36(51)42-34(33)10-12-39(54)48-42/h3-12,19-20,22-24,37,45,51-52H,13-18,21,25H2,1-2H3,(H2,44,53)(H,46,47)(H,48,54). The molecule has 1 aliphatic heterocycles. The quantitative estimate of drug-likeness (QED) is 0.0866. The molecule has 306 valence electrons. The topological polar surface area (TPSA) is 220 Å². The van der Waals surface area contributed by atoms with Gasteiger partial charge in [0.25, 0.3) is 5.91 Å². The highest BCUT2D eigenvalue weighted by Crippen LogP contribution is 2.35. The molecule has 6 aromatic rings. The zero-order valence-corrected chi connectivity index (χ0v) is 33.4. The molecule has 4 aromatic carbocycles. The summed E-state index contributed by atoms with van der Waals surface area (Å²) in [6.07, 6.45) is 0.555. The molecule has 16 heteroatoms. The number of hydrogen-bond donors (Lipinski definition) is 6. The van der Waals surface area contributed by atoms with Crippen molar-refractivity contribution in [2.75, 3.05) is 58.2 Å². The van der Waals surface area contributed by atoms with Gasteiger partial charge in [-0.3, -0.25) is 24.3 Å². The average molecular weight is 820 g/mol. The number of phenolic OH excluding ortho intramolecular Hbond substituents is 1. The molecule has 1 unspecified atom stereocenters. The van der Waals surface area contributed by atoms with E-state index in [9.17, 15) is 33.0 Å². The summed E-state index contributed by atoms with van der Waals surface area (Å²) in [6, 6.07) is 22.3. The number of benzene rings is 4. The molecule has 15 nitrogen and oxygen atoms in total. The third-order valence-electron chi connectivity index (χ3n) is 10.5. The summed E-state index contributed by atoms with van der Waals surface area (Å²) in [5, 5.41) is 28.6. The van der Waals surface area contributed by atoms with Gasteiger partial charge in [-0.25, -0.2) is 8.42 Å². The van der Waals surface area contributed by atoms with Gasteiger partial charge in [0.1, 0.15) is 11.5 Å². The number of carbonyl (C=O) groups excluding carboxylic acids is 2. The first-order valence-electron chi connectivity index (χ1n) is 19.0. The number of nitrogens with zero attached hydrogens (tertiary/aromatic N) is 3. The monoisotopic (exact) mass is 819 g/mol. The molecule has 3 heterocycles. The fourth-order valence-electron chi connectivity index (χ4n) is 7.38.